The third kappa shape index (κ3) is 13.4. The van der Waals surface area contributed by atoms with Gasteiger partial charge in [0.05, 0.1) is 0 Å². The lowest BCUT2D eigenvalue weighted by Crippen LogP contribution is -1.89. The zero-order valence-corrected chi connectivity index (χ0v) is 14.9. The van der Waals surface area contributed by atoms with Gasteiger partial charge in [0, 0.05) is 6.08 Å². The summed E-state index contributed by atoms with van der Waals surface area (Å²) in [5, 5.41) is 8.65. The molecule has 0 saturated heterocycles. The lowest BCUT2D eigenvalue weighted by atomic mass is 10.0. The Kier molecular flexibility index (Phi) is 11.2. The highest BCUT2D eigenvalue weighted by Gasteiger charge is 1.95. The van der Waals surface area contributed by atoms with E-state index in [-0.39, 0.29) is 0 Å². The van der Waals surface area contributed by atoms with Crippen molar-refractivity contribution in [1.82, 2.24) is 0 Å². The second kappa shape index (κ2) is 12.0. The fourth-order valence-electron chi connectivity index (χ4n) is 2.17. The van der Waals surface area contributed by atoms with Gasteiger partial charge in [-0.1, -0.05) is 40.5 Å². The Labute approximate surface area is 136 Å². The molecule has 0 saturated carbocycles. The molecule has 0 aromatic carbocycles. The minimum Gasteiger partial charge on any atom is -0.478 e. The Bertz CT molecular complexity index is 458. The molecule has 0 spiro atoms. The molecule has 2 nitrogen and oxygen atoms in total. The number of carboxylic acids is 1. The van der Waals surface area contributed by atoms with E-state index in [4.69, 9.17) is 5.11 Å². The monoisotopic (exact) mass is 304 g/mol. The van der Waals surface area contributed by atoms with E-state index in [0.717, 1.165) is 44.1 Å². The van der Waals surface area contributed by atoms with E-state index in [1.165, 1.54) is 22.8 Å². The summed E-state index contributed by atoms with van der Waals surface area (Å²) < 4.78 is 0. The predicted molar refractivity (Wildman–Crippen MR) is 96.0 cm³/mol. The number of carbonyl (C=O) groups is 1. The van der Waals surface area contributed by atoms with E-state index < -0.39 is 5.97 Å². The number of hydrogen-bond donors (Lipinski definition) is 1. The Morgan fingerprint density at radius 1 is 0.727 bits per heavy atom. The third-order valence-corrected chi connectivity index (χ3v) is 3.52. The quantitative estimate of drug-likeness (QED) is 0.384. The zero-order chi connectivity index (χ0) is 17.0. The fraction of sp³-hybridized carbons (Fsp3) is 0.550. The van der Waals surface area contributed by atoms with Crippen LogP contribution < -0.4 is 0 Å². The average molecular weight is 304 g/mol. The summed E-state index contributed by atoms with van der Waals surface area (Å²) in [7, 11) is 0. The Morgan fingerprint density at radius 2 is 1.14 bits per heavy atom. The first-order chi connectivity index (χ1) is 10.3. The first-order valence-corrected chi connectivity index (χ1v) is 8.16. The molecule has 0 aliphatic carbocycles. The molecule has 0 aromatic rings. The SMILES string of the molecule is CC(C)=CCC/C(C)=C/CC/C(C)=C/CC/C(C)=C\C(=O)O. The molecule has 0 radical (unpaired) electrons. The van der Waals surface area contributed by atoms with Crippen LogP contribution in [0, 0.1) is 0 Å². The molecule has 0 unspecified atom stereocenters. The fourth-order valence-corrected chi connectivity index (χ4v) is 2.17. The molecule has 124 valence electrons. The van der Waals surface area contributed by atoms with Crippen LogP contribution in [-0.4, -0.2) is 11.1 Å². The summed E-state index contributed by atoms with van der Waals surface area (Å²) in [4.78, 5) is 10.5. The van der Waals surface area contributed by atoms with Crippen LogP contribution in [0.25, 0.3) is 0 Å². The summed E-state index contributed by atoms with van der Waals surface area (Å²) in [6, 6.07) is 0. The van der Waals surface area contributed by atoms with E-state index in [9.17, 15) is 4.79 Å². The maximum Gasteiger partial charge on any atom is 0.328 e. The first kappa shape index (κ1) is 20.4. The van der Waals surface area contributed by atoms with Crippen LogP contribution in [0.5, 0.6) is 0 Å². The molecule has 0 fully saturated rings. The number of carboxylic acid groups (broad SMARTS) is 1. The molecule has 2 heteroatoms. The maximum atomic E-state index is 10.5. The van der Waals surface area contributed by atoms with Crippen LogP contribution in [0.4, 0.5) is 0 Å². The van der Waals surface area contributed by atoms with Crippen molar-refractivity contribution in [2.75, 3.05) is 0 Å². The van der Waals surface area contributed by atoms with Crippen LogP contribution in [0.1, 0.15) is 73.1 Å². The molecule has 1 N–H and O–H groups in total. The van der Waals surface area contributed by atoms with E-state index in [2.05, 4.69) is 45.9 Å². The standard InChI is InChI=1S/C20H32O2/c1-16(2)9-6-10-17(3)11-7-12-18(4)13-8-14-19(5)15-20(21)22/h9,11,13,15H,6-8,10,12,14H2,1-5H3,(H,21,22)/b17-11+,18-13+,19-15-. The molecular formula is C20H32O2. The van der Waals surface area contributed by atoms with Crippen molar-refractivity contribution < 1.29 is 9.90 Å². The van der Waals surface area contributed by atoms with E-state index >= 15 is 0 Å². The smallest absolute Gasteiger partial charge is 0.328 e. The second-order valence-corrected chi connectivity index (χ2v) is 6.33. The van der Waals surface area contributed by atoms with Crippen LogP contribution in [-0.2, 0) is 4.79 Å². The van der Waals surface area contributed by atoms with Crippen molar-refractivity contribution in [2.24, 2.45) is 0 Å². The third-order valence-electron chi connectivity index (χ3n) is 3.52. The van der Waals surface area contributed by atoms with Gasteiger partial charge in [-0.25, -0.2) is 4.79 Å². The highest BCUT2D eigenvalue weighted by atomic mass is 16.4. The number of hydrogen-bond acceptors (Lipinski definition) is 1. The first-order valence-electron chi connectivity index (χ1n) is 8.16. The molecule has 0 bridgehead atoms. The van der Waals surface area contributed by atoms with Gasteiger partial charge in [0.2, 0.25) is 0 Å². The van der Waals surface area contributed by atoms with Crippen molar-refractivity contribution in [3.63, 3.8) is 0 Å². The summed E-state index contributed by atoms with van der Waals surface area (Å²) in [6.45, 7) is 10.5. The minimum absolute atomic E-state index is 0.821. The largest absolute Gasteiger partial charge is 0.478 e. The van der Waals surface area contributed by atoms with Gasteiger partial charge >= 0.3 is 5.97 Å². The predicted octanol–water partition coefficient (Wildman–Crippen LogP) is 6.22. The molecule has 22 heavy (non-hydrogen) atoms. The van der Waals surface area contributed by atoms with Gasteiger partial charge in [-0.15, -0.1) is 0 Å². The van der Waals surface area contributed by atoms with Gasteiger partial charge in [-0.05, 0) is 73.1 Å². The number of rotatable bonds is 10. The van der Waals surface area contributed by atoms with Gasteiger partial charge in [0.25, 0.3) is 0 Å². The highest BCUT2D eigenvalue weighted by Crippen LogP contribution is 2.13. The van der Waals surface area contributed by atoms with Crippen molar-refractivity contribution in [2.45, 2.75) is 73.1 Å². The Morgan fingerprint density at radius 3 is 1.55 bits per heavy atom. The lowest BCUT2D eigenvalue weighted by molar-refractivity contribution is -0.131. The molecule has 0 aliphatic heterocycles. The molecule has 0 amide bonds. The molecule has 0 heterocycles. The summed E-state index contributed by atoms with van der Waals surface area (Å²) >= 11 is 0. The van der Waals surface area contributed by atoms with E-state index in [1.54, 1.807) is 0 Å². The average Bonchev–Trinajstić information content (AvgIpc) is 2.37. The zero-order valence-electron chi connectivity index (χ0n) is 14.9. The van der Waals surface area contributed by atoms with Crippen LogP contribution in [0.2, 0.25) is 0 Å². The summed E-state index contributed by atoms with van der Waals surface area (Å²) in [6.07, 6.45) is 14.3. The van der Waals surface area contributed by atoms with Crippen molar-refractivity contribution >= 4 is 5.97 Å². The van der Waals surface area contributed by atoms with Gasteiger partial charge in [0.15, 0.2) is 0 Å². The van der Waals surface area contributed by atoms with E-state index in [0.29, 0.717) is 0 Å². The number of allylic oxidation sites excluding steroid dienone is 7. The van der Waals surface area contributed by atoms with Crippen molar-refractivity contribution in [3.8, 4) is 0 Å². The van der Waals surface area contributed by atoms with Crippen LogP contribution >= 0.6 is 0 Å². The summed E-state index contributed by atoms with van der Waals surface area (Å²) in [5.74, 6) is -0.855. The molecule has 0 aliphatic rings. The van der Waals surface area contributed by atoms with Crippen molar-refractivity contribution in [3.05, 3.63) is 46.6 Å². The molecule has 0 atom stereocenters. The maximum absolute atomic E-state index is 10.5. The van der Waals surface area contributed by atoms with Gasteiger partial charge in [-0.3, -0.25) is 0 Å². The van der Waals surface area contributed by atoms with Gasteiger partial charge in [0.1, 0.15) is 0 Å². The van der Waals surface area contributed by atoms with Crippen LogP contribution in [0.3, 0.4) is 0 Å². The van der Waals surface area contributed by atoms with Crippen molar-refractivity contribution in [1.29, 1.82) is 0 Å². The molecule has 0 aromatic heterocycles. The molecule has 0 rings (SSSR count). The normalized spacial score (nSPS) is 13.2. The molecular weight excluding hydrogens is 272 g/mol. The number of aliphatic carboxylic acids is 1. The Balaban J connectivity index is 4.01. The van der Waals surface area contributed by atoms with Gasteiger partial charge in [-0.2, -0.15) is 0 Å². The second-order valence-electron chi connectivity index (χ2n) is 6.33. The topological polar surface area (TPSA) is 37.3 Å². The minimum atomic E-state index is -0.855. The van der Waals surface area contributed by atoms with E-state index in [1.807, 2.05) is 6.92 Å². The summed E-state index contributed by atoms with van der Waals surface area (Å²) in [5.41, 5.74) is 5.16. The lowest BCUT2D eigenvalue weighted by Gasteiger charge is -2.02. The highest BCUT2D eigenvalue weighted by molar-refractivity contribution is 5.80. The van der Waals surface area contributed by atoms with Gasteiger partial charge < -0.3 is 5.11 Å². The van der Waals surface area contributed by atoms with Crippen LogP contribution in [0.15, 0.2) is 46.6 Å². The Hall–Kier alpha value is -1.57.